The molecule has 1 heterocycles. The quantitative estimate of drug-likeness (QED) is 0.802. The first kappa shape index (κ1) is 13.4. The lowest BCUT2D eigenvalue weighted by Crippen LogP contribution is -2.34. The van der Waals surface area contributed by atoms with Crippen molar-refractivity contribution in [1.29, 1.82) is 0 Å². The number of aromatic nitrogens is 2. The van der Waals surface area contributed by atoms with Crippen molar-refractivity contribution in [3.63, 3.8) is 0 Å². The van der Waals surface area contributed by atoms with Crippen LogP contribution in [0.1, 0.15) is 31.5 Å². The van der Waals surface area contributed by atoms with Gasteiger partial charge in [0, 0.05) is 13.7 Å². The average molecular weight is 253 g/mol. The Balaban J connectivity index is 2.32. The molecule has 1 aliphatic rings. The van der Waals surface area contributed by atoms with Crippen LogP contribution in [0.2, 0.25) is 0 Å². The van der Waals surface area contributed by atoms with Gasteiger partial charge in [0.25, 0.3) is 0 Å². The number of hydrogen-bond donors (Lipinski definition) is 1. The zero-order chi connectivity index (χ0) is 13.1. The van der Waals surface area contributed by atoms with Gasteiger partial charge in [-0.1, -0.05) is 0 Å². The third-order valence-electron chi connectivity index (χ3n) is 3.66. The van der Waals surface area contributed by atoms with E-state index in [2.05, 4.69) is 17.3 Å². The Labute approximate surface area is 108 Å². The van der Waals surface area contributed by atoms with Crippen molar-refractivity contribution in [2.45, 2.75) is 38.5 Å². The van der Waals surface area contributed by atoms with E-state index in [0.717, 1.165) is 18.0 Å². The molecular weight excluding hydrogens is 230 g/mol. The summed E-state index contributed by atoms with van der Waals surface area (Å²) in [5.41, 5.74) is 1.08. The molecule has 5 nitrogen and oxygen atoms in total. The minimum atomic E-state index is 0.125. The van der Waals surface area contributed by atoms with Crippen LogP contribution in [0.3, 0.4) is 0 Å². The lowest BCUT2D eigenvalue weighted by Gasteiger charge is -2.27. The van der Waals surface area contributed by atoms with E-state index in [1.807, 2.05) is 11.7 Å². The molecule has 0 aromatic carbocycles. The van der Waals surface area contributed by atoms with Gasteiger partial charge in [-0.15, -0.1) is 0 Å². The summed E-state index contributed by atoms with van der Waals surface area (Å²) in [4.78, 5) is 0. The summed E-state index contributed by atoms with van der Waals surface area (Å²) in [7, 11) is 5.43. The van der Waals surface area contributed by atoms with Gasteiger partial charge >= 0.3 is 0 Å². The van der Waals surface area contributed by atoms with Crippen molar-refractivity contribution in [1.82, 2.24) is 15.1 Å². The van der Waals surface area contributed by atoms with Crippen LogP contribution in [0.5, 0.6) is 5.75 Å². The minimum absolute atomic E-state index is 0.125. The summed E-state index contributed by atoms with van der Waals surface area (Å²) < 4.78 is 13.1. The molecule has 1 aliphatic carbocycles. The Morgan fingerprint density at radius 3 is 2.67 bits per heavy atom. The average Bonchev–Trinajstić information content (AvgIpc) is 3.15. The third kappa shape index (κ3) is 2.37. The maximum Gasteiger partial charge on any atom is 0.161 e. The van der Waals surface area contributed by atoms with Crippen molar-refractivity contribution in [3.8, 4) is 5.75 Å². The van der Waals surface area contributed by atoms with Gasteiger partial charge in [0.15, 0.2) is 5.75 Å². The van der Waals surface area contributed by atoms with Crippen LogP contribution in [0.25, 0.3) is 0 Å². The Morgan fingerprint density at radius 1 is 1.50 bits per heavy atom. The Morgan fingerprint density at radius 2 is 2.22 bits per heavy atom. The number of rotatable bonds is 7. The van der Waals surface area contributed by atoms with Gasteiger partial charge in [0.1, 0.15) is 0 Å². The van der Waals surface area contributed by atoms with Crippen molar-refractivity contribution in [3.05, 3.63) is 11.9 Å². The van der Waals surface area contributed by atoms with Crippen LogP contribution in [0.4, 0.5) is 0 Å². The fraction of sp³-hybridized carbons (Fsp3) is 0.769. The lowest BCUT2D eigenvalue weighted by atomic mass is 10.0. The first-order valence-electron chi connectivity index (χ1n) is 6.56. The van der Waals surface area contributed by atoms with Crippen molar-refractivity contribution in [2.75, 3.05) is 21.3 Å². The Hall–Kier alpha value is -1.07. The zero-order valence-electron chi connectivity index (χ0n) is 11.6. The van der Waals surface area contributed by atoms with E-state index in [1.54, 1.807) is 20.4 Å². The fourth-order valence-electron chi connectivity index (χ4n) is 2.58. The number of nitrogens with one attached hydrogen (secondary N) is 1. The number of ether oxygens (including phenoxy) is 2. The summed E-state index contributed by atoms with van der Waals surface area (Å²) in [6.45, 7) is 2.92. The summed E-state index contributed by atoms with van der Waals surface area (Å²) >= 11 is 0. The monoisotopic (exact) mass is 253 g/mol. The predicted octanol–water partition coefficient (Wildman–Crippen LogP) is 1.60. The van der Waals surface area contributed by atoms with Crippen LogP contribution in [-0.4, -0.2) is 37.2 Å². The van der Waals surface area contributed by atoms with Gasteiger partial charge in [-0.05, 0) is 32.7 Å². The van der Waals surface area contributed by atoms with E-state index in [-0.39, 0.29) is 12.1 Å². The van der Waals surface area contributed by atoms with Crippen LogP contribution in [0, 0.1) is 5.92 Å². The normalized spacial score (nSPS) is 18.7. The number of hydrogen-bond acceptors (Lipinski definition) is 4. The molecule has 0 bridgehead atoms. The molecule has 0 radical (unpaired) electrons. The summed E-state index contributed by atoms with van der Waals surface area (Å²) in [5.74, 6) is 1.48. The largest absolute Gasteiger partial charge is 0.493 e. The van der Waals surface area contributed by atoms with E-state index >= 15 is 0 Å². The summed E-state index contributed by atoms with van der Waals surface area (Å²) in [6, 6.07) is 0.125. The van der Waals surface area contributed by atoms with E-state index in [9.17, 15) is 0 Å². The molecule has 1 saturated carbocycles. The van der Waals surface area contributed by atoms with Crippen LogP contribution < -0.4 is 10.1 Å². The van der Waals surface area contributed by atoms with Gasteiger partial charge in [-0.25, -0.2) is 0 Å². The fourth-order valence-corrected chi connectivity index (χ4v) is 2.58. The molecule has 1 aromatic rings. The Kier molecular flexibility index (Phi) is 4.24. The smallest absolute Gasteiger partial charge is 0.161 e. The molecule has 0 amide bonds. The highest BCUT2D eigenvalue weighted by atomic mass is 16.5. The zero-order valence-corrected chi connectivity index (χ0v) is 11.6. The molecule has 102 valence electrons. The van der Waals surface area contributed by atoms with Gasteiger partial charge in [-0.3, -0.25) is 4.68 Å². The minimum Gasteiger partial charge on any atom is -0.493 e. The standard InChI is InChI=1S/C13H23N3O2/c1-5-16-12(10(17-3)8-15-16)11(14-2)13(18-4)9-6-7-9/h8-9,11,13-14H,5-7H2,1-4H3. The van der Waals surface area contributed by atoms with Gasteiger partial charge < -0.3 is 14.8 Å². The molecular formula is C13H23N3O2. The highest BCUT2D eigenvalue weighted by Crippen LogP contribution is 2.41. The molecule has 0 spiro atoms. The van der Waals surface area contributed by atoms with Crippen molar-refractivity contribution < 1.29 is 9.47 Å². The summed E-state index contributed by atoms with van der Waals surface area (Å²) in [5, 5.41) is 7.73. The molecule has 5 heteroatoms. The Bertz CT molecular complexity index is 366. The molecule has 0 aliphatic heterocycles. The van der Waals surface area contributed by atoms with E-state index in [1.165, 1.54) is 12.8 Å². The van der Waals surface area contributed by atoms with E-state index in [0.29, 0.717) is 5.92 Å². The lowest BCUT2D eigenvalue weighted by molar-refractivity contribution is 0.0496. The topological polar surface area (TPSA) is 48.3 Å². The molecule has 2 rings (SSSR count). The van der Waals surface area contributed by atoms with Gasteiger partial charge in [0.2, 0.25) is 0 Å². The maximum absolute atomic E-state index is 5.69. The maximum atomic E-state index is 5.69. The second kappa shape index (κ2) is 5.71. The van der Waals surface area contributed by atoms with Crippen molar-refractivity contribution in [2.24, 2.45) is 5.92 Å². The molecule has 1 N–H and O–H groups in total. The predicted molar refractivity (Wildman–Crippen MR) is 69.8 cm³/mol. The van der Waals surface area contributed by atoms with Gasteiger partial charge in [-0.2, -0.15) is 5.10 Å². The number of likely N-dealkylation sites (N-methyl/N-ethyl adjacent to an activating group) is 1. The summed E-state index contributed by atoms with van der Waals surface area (Å²) in [6.07, 6.45) is 4.47. The first-order chi connectivity index (χ1) is 8.76. The highest BCUT2D eigenvalue weighted by molar-refractivity contribution is 5.29. The van der Waals surface area contributed by atoms with Crippen LogP contribution >= 0.6 is 0 Å². The number of methoxy groups -OCH3 is 2. The second-order valence-electron chi connectivity index (χ2n) is 4.72. The second-order valence-corrected chi connectivity index (χ2v) is 4.72. The van der Waals surface area contributed by atoms with Crippen molar-refractivity contribution >= 4 is 0 Å². The third-order valence-corrected chi connectivity index (χ3v) is 3.66. The van der Waals surface area contributed by atoms with E-state index < -0.39 is 0 Å². The van der Waals surface area contributed by atoms with Gasteiger partial charge in [0.05, 0.1) is 31.1 Å². The molecule has 1 aromatic heterocycles. The number of nitrogens with zero attached hydrogens (tertiary/aromatic N) is 2. The molecule has 18 heavy (non-hydrogen) atoms. The van der Waals surface area contributed by atoms with E-state index in [4.69, 9.17) is 9.47 Å². The van der Waals surface area contributed by atoms with Crippen LogP contribution in [-0.2, 0) is 11.3 Å². The first-order valence-corrected chi connectivity index (χ1v) is 6.56. The highest BCUT2D eigenvalue weighted by Gasteiger charge is 2.39. The number of aryl methyl sites for hydroxylation is 1. The molecule has 2 unspecified atom stereocenters. The van der Waals surface area contributed by atoms with Crippen LogP contribution in [0.15, 0.2) is 6.20 Å². The molecule has 2 atom stereocenters. The molecule has 1 fully saturated rings. The SMILES string of the molecule is CCn1ncc(OC)c1C(NC)C(OC)C1CC1. The molecule has 0 saturated heterocycles.